The van der Waals surface area contributed by atoms with Gasteiger partial charge < -0.3 is 20.6 Å². The Labute approximate surface area is 193 Å². The summed E-state index contributed by atoms with van der Waals surface area (Å²) in [6.45, 7) is 0.614. The summed E-state index contributed by atoms with van der Waals surface area (Å²) in [4.78, 5) is 23.6. The molecule has 0 bridgehead atoms. The van der Waals surface area contributed by atoms with Gasteiger partial charge in [-0.15, -0.1) is 0 Å². The second-order valence-electron chi connectivity index (χ2n) is 8.91. The maximum Gasteiger partial charge on any atom is 0.225 e. The average Bonchev–Trinajstić information content (AvgIpc) is 2.80. The van der Waals surface area contributed by atoms with Gasteiger partial charge in [-0.2, -0.15) is 4.98 Å². The Morgan fingerprint density at radius 2 is 1.88 bits per heavy atom. The number of para-hydroxylation sites is 1. The van der Waals surface area contributed by atoms with E-state index in [0.29, 0.717) is 30.0 Å². The van der Waals surface area contributed by atoms with Crippen LogP contribution in [0.1, 0.15) is 31.2 Å². The molecule has 4 rings (SSSR count). The van der Waals surface area contributed by atoms with E-state index < -0.39 is 11.6 Å². The summed E-state index contributed by atoms with van der Waals surface area (Å²) in [5.41, 5.74) is 1.46. The molecule has 0 spiro atoms. The van der Waals surface area contributed by atoms with E-state index in [1.54, 1.807) is 6.07 Å². The molecule has 1 fully saturated rings. The van der Waals surface area contributed by atoms with Gasteiger partial charge in [0.2, 0.25) is 11.9 Å². The number of aromatic nitrogens is 2. The molecule has 8 heteroatoms. The van der Waals surface area contributed by atoms with Crippen LogP contribution in [0.2, 0.25) is 0 Å². The SMILES string of the molecule is CN(C)c1nc(N[C@H]2CC[C@@H](CNC(=O)Cc3ccc(O)c(F)c3)CC2)nc2ccccc12. The maximum absolute atomic E-state index is 13.4. The number of hydrogen-bond donors (Lipinski definition) is 3. The lowest BCUT2D eigenvalue weighted by Crippen LogP contribution is -2.34. The first-order valence-electron chi connectivity index (χ1n) is 11.3. The van der Waals surface area contributed by atoms with Crippen LogP contribution in [0, 0.1) is 11.7 Å². The second-order valence-corrected chi connectivity index (χ2v) is 8.91. The van der Waals surface area contributed by atoms with Crippen molar-refractivity contribution in [3.63, 3.8) is 0 Å². The van der Waals surface area contributed by atoms with Crippen molar-refractivity contribution < 1.29 is 14.3 Å². The summed E-state index contributed by atoms with van der Waals surface area (Å²) in [6, 6.07) is 12.3. The van der Waals surface area contributed by atoms with Gasteiger partial charge in [-0.1, -0.05) is 18.2 Å². The molecule has 0 aliphatic heterocycles. The van der Waals surface area contributed by atoms with Gasteiger partial charge >= 0.3 is 0 Å². The van der Waals surface area contributed by atoms with E-state index in [-0.39, 0.29) is 12.3 Å². The van der Waals surface area contributed by atoms with Crippen LogP contribution in [-0.4, -0.2) is 47.7 Å². The molecule has 174 valence electrons. The van der Waals surface area contributed by atoms with Crippen LogP contribution >= 0.6 is 0 Å². The normalized spacial score (nSPS) is 18.2. The molecule has 0 radical (unpaired) electrons. The molecule has 3 N–H and O–H groups in total. The smallest absolute Gasteiger partial charge is 0.225 e. The van der Waals surface area contributed by atoms with Crippen LogP contribution in [-0.2, 0) is 11.2 Å². The minimum Gasteiger partial charge on any atom is -0.505 e. The number of phenolic OH excluding ortho intramolecular Hbond substituents is 1. The van der Waals surface area contributed by atoms with Crippen LogP contribution in [0.15, 0.2) is 42.5 Å². The summed E-state index contributed by atoms with van der Waals surface area (Å²) >= 11 is 0. The predicted molar refractivity (Wildman–Crippen MR) is 128 cm³/mol. The fourth-order valence-electron chi connectivity index (χ4n) is 4.33. The molecule has 1 aromatic heterocycles. The van der Waals surface area contributed by atoms with Crippen LogP contribution < -0.4 is 15.5 Å². The number of halogens is 1. The van der Waals surface area contributed by atoms with Crippen molar-refractivity contribution in [2.45, 2.75) is 38.1 Å². The van der Waals surface area contributed by atoms with Gasteiger partial charge in [0.1, 0.15) is 5.82 Å². The number of amides is 1. The molecular weight excluding hydrogens is 421 g/mol. The lowest BCUT2D eigenvalue weighted by Gasteiger charge is -2.29. The average molecular weight is 452 g/mol. The van der Waals surface area contributed by atoms with E-state index >= 15 is 0 Å². The molecule has 1 heterocycles. The lowest BCUT2D eigenvalue weighted by molar-refractivity contribution is -0.120. The number of carbonyl (C=O) groups is 1. The minimum absolute atomic E-state index is 0.0988. The Balaban J connectivity index is 1.27. The molecule has 3 aromatic rings. The summed E-state index contributed by atoms with van der Waals surface area (Å²) in [6.07, 6.45) is 4.07. The molecule has 1 saturated carbocycles. The highest BCUT2D eigenvalue weighted by atomic mass is 19.1. The molecular formula is C25H30FN5O2. The third-order valence-corrected chi connectivity index (χ3v) is 6.15. The van der Waals surface area contributed by atoms with Crippen LogP contribution in [0.25, 0.3) is 10.9 Å². The van der Waals surface area contributed by atoms with E-state index in [1.807, 2.05) is 43.3 Å². The Hall–Kier alpha value is -3.42. The maximum atomic E-state index is 13.4. The Kier molecular flexibility index (Phi) is 6.91. The molecule has 0 unspecified atom stereocenters. The third kappa shape index (κ3) is 5.69. The number of aromatic hydroxyl groups is 1. The molecule has 1 aliphatic carbocycles. The zero-order valence-electron chi connectivity index (χ0n) is 19.0. The largest absolute Gasteiger partial charge is 0.505 e. The van der Waals surface area contributed by atoms with Crippen molar-refractivity contribution in [3.8, 4) is 5.75 Å². The number of nitrogens with zero attached hydrogens (tertiary/aromatic N) is 3. The van der Waals surface area contributed by atoms with Crippen LogP contribution in [0.4, 0.5) is 16.2 Å². The highest BCUT2D eigenvalue weighted by Crippen LogP contribution is 2.28. The number of fused-ring (bicyclic) bond motifs is 1. The van der Waals surface area contributed by atoms with Crippen molar-refractivity contribution in [2.75, 3.05) is 30.9 Å². The summed E-state index contributed by atoms with van der Waals surface area (Å²) < 4.78 is 13.4. The Bertz CT molecular complexity index is 1130. The van der Waals surface area contributed by atoms with Gasteiger partial charge in [0.25, 0.3) is 0 Å². The fourth-order valence-corrected chi connectivity index (χ4v) is 4.33. The Morgan fingerprint density at radius 3 is 2.61 bits per heavy atom. The molecule has 33 heavy (non-hydrogen) atoms. The summed E-state index contributed by atoms with van der Waals surface area (Å²) in [5.74, 6) is 0.707. The van der Waals surface area contributed by atoms with E-state index in [4.69, 9.17) is 9.97 Å². The summed E-state index contributed by atoms with van der Waals surface area (Å²) in [5, 5.41) is 16.8. The van der Waals surface area contributed by atoms with Gasteiger partial charge in [0, 0.05) is 32.1 Å². The molecule has 0 atom stereocenters. The number of rotatable bonds is 7. The monoisotopic (exact) mass is 451 g/mol. The zero-order valence-corrected chi connectivity index (χ0v) is 19.0. The first-order valence-corrected chi connectivity index (χ1v) is 11.3. The number of nitrogens with one attached hydrogen (secondary N) is 2. The first-order chi connectivity index (χ1) is 15.9. The third-order valence-electron chi connectivity index (χ3n) is 6.15. The number of carbonyl (C=O) groups excluding carboxylic acids is 1. The molecule has 1 aliphatic rings. The summed E-state index contributed by atoms with van der Waals surface area (Å²) in [7, 11) is 3.96. The van der Waals surface area contributed by atoms with Crippen molar-refractivity contribution in [3.05, 3.63) is 53.8 Å². The fraction of sp³-hybridized carbons (Fsp3) is 0.400. The second kappa shape index (κ2) is 10.0. The number of hydrogen-bond acceptors (Lipinski definition) is 6. The van der Waals surface area contributed by atoms with E-state index in [0.717, 1.165) is 42.4 Å². The Morgan fingerprint density at radius 1 is 1.12 bits per heavy atom. The van der Waals surface area contributed by atoms with Crippen molar-refractivity contribution in [1.29, 1.82) is 0 Å². The topological polar surface area (TPSA) is 90.4 Å². The molecule has 2 aromatic carbocycles. The van der Waals surface area contributed by atoms with Gasteiger partial charge in [-0.3, -0.25) is 4.79 Å². The lowest BCUT2D eigenvalue weighted by atomic mass is 9.86. The van der Waals surface area contributed by atoms with E-state index in [2.05, 4.69) is 10.6 Å². The molecule has 1 amide bonds. The van der Waals surface area contributed by atoms with Crippen LogP contribution in [0.3, 0.4) is 0 Å². The highest BCUT2D eigenvalue weighted by molar-refractivity contribution is 5.90. The number of anilines is 2. The standard InChI is InChI=1S/C25H30FN5O2/c1-31(2)24-19-5-3-4-6-21(19)29-25(30-24)28-18-10-7-16(8-11-18)15-27-23(33)14-17-9-12-22(32)20(26)13-17/h3-6,9,12-13,16,18,32H,7-8,10-11,14-15H2,1-2H3,(H,27,33)(H,28,29,30)/t16-,18+. The quantitative estimate of drug-likeness (QED) is 0.505. The number of phenols is 1. The van der Waals surface area contributed by atoms with E-state index in [9.17, 15) is 14.3 Å². The van der Waals surface area contributed by atoms with Crippen molar-refractivity contribution >= 4 is 28.6 Å². The van der Waals surface area contributed by atoms with Gasteiger partial charge in [-0.25, -0.2) is 9.37 Å². The molecule has 7 nitrogen and oxygen atoms in total. The first kappa shape index (κ1) is 22.8. The zero-order chi connectivity index (χ0) is 23.4. The van der Waals surface area contributed by atoms with Gasteiger partial charge in [-0.05, 0) is 61.4 Å². The predicted octanol–water partition coefficient (Wildman–Crippen LogP) is 3.87. The van der Waals surface area contributed by atoms with E-state index in [1.165, 1.54) is 12.1 Å². The van der Waals surface area contributed by atoms with Gasteiger partial charge in [0.15, 0.2) is 11.6 Å². The molecule has 0 saturated heterocycles. The van der Waals surface area contributed by atoms with Crippen LogP contribution in [0.5, 0.6) is 5.75 Å². The van der Waals surface area contributed by atoms with Gasteiger partial charge in [0.05, 0.1) is 11.9 Å². The number of benzene rings is 2. The van der Waals surface area contributed by atoms with Crippen molar-refractivity contribution in [2.24, 2.45) is 5.92 Å². The minimum atomic E-state index is -0.709. The van der Waals surface area contributed by atoms with Crippen molar-refractivity contribution in [1.82, 2.24) is 15.3 Å². The highest BCUT2D eigenvalue weighted by Gasteiger charge is 2.23.